The predicted molar refractivity (Wildman–Crippen MR) is 109 cm³/mol. The van der Waals surface area contributed by atoms with Crippen LogP contribution in [0.1, 0.15) is 11.4 Å². The molecule has 1 aromatic carbocycles. The molecule has 2 heterocycles. The standard InChI is InChI=1S/C19H23ClN4OS/c20-16-4-1-2-5-17(16)24-13-11-23(12-14-24)10-3-8-21-18(25)6-7-19-22-9-15-26-19/h1-2,4-7,9,15H,3,8,10-14H2,(H,21,25)/b7-6-. The van der Waals surface area contributed by atoms with Gasteiger partial charge in [0.05, 0.1) is 10.7 Å². The summed E-state index contributed by atoms with van der Waals surface area (Å²) in [6, 6.07) is 8.00. The maximum atomic E-state index is 11.8. The van der Waals surface area contributed by atoms with Gasteiger partial charge in [-0.1, -0.05) is 23.7 Å². The Bertz CT molecular complexity index is 727. The maximum Gasteiger partial charge on any atom is 0.244 e. The maximum absolute atomic E-state index is 11.8. The number of halogens is 1. The minimum Gasteiger partial charge on any atom is -0.368 e. The molecule has 1 saturated heterocycles. The Hall–Kier alpha value is -1.89. The molecule has 0 radical (unpaired) electrons. The number of thiazole rings is 1. The van der Waals surface area contributed by atoms with Crippen molar-refractivity contribution in [2.45, 2.75) is 6.42 Å². The van der Waals surface area contributed by atoms with Crippen LogP contribution in [-0.4, -0.2) is 55.1 Å². The quantitative estimate of drug-likeness (QED) is 0.582. The van der Waals surface area contributed by atoms with Crippen LogP contribution in [0, 0.1) is 0 Å². The van der Waals surface area contributed by atoms with Crippen LogP contribution >= 0.6 is 22.9 Å². The van der Waals surface area contributed by atoms with Crippen molar-refractivity contribution >= 4 is 40.6 Å². The van der Waals surface area contributed by atoms with Gasteiger partial charge in [0.1, 0.15) is 5.01 Å². The number of carbonyl (C=O) groups excluding carboxylic acids is 1. The van der Waals surface area contributed by atoms with Crippen LogP contribution in [0.3, 0.4) is 0 Å². The third-order valence-electron chi connectivity index (χ3n) is 4.34. The summed E-state index contributed by atoms with van der Waals surface area (Å²) < 4.78 is 0. The van der Waals surface area contributed by atoms with E-state index in [9.17, 15) is 4.79 Å². The van der Waals surface area contributed by atoms with E-state index in [0.29, 0.717) is 6.54 Å². The van der Waals surface area contributed by atoms with Crippen LogP contribution in [0.25, 0.3) is 6.08 Å². The molecular formula is C19H23ClN4OS. The topological polar surface area (TPSA) is 48.5 Å². The lowest BCUT2D eigenvalue weighted by Gasteiger charge is -2.36. The molecule has 3 rings (SSSR count). The monoisotopic (exact) mass is 390 g/mol. The first-order chi connectivity index (χ1) is 12.7. The van der Waals surface area contributed by atoms with Gasteiger partial charge in [0, 0.05) is 50.4 Å². The first-order valence-electron chi connectivity index (χ1n) is 8.79. The van der Waals surface area contributed by atoms with Crippen LogP contribution in [-0.2, 0) is 4.79 Å². The summed E-state index contributed by atoms with van der Waals surface area (Å²) in [6.07, 6.45) is 5.96. The lowest BCUT2D eigenvalue weighted by molar-refractivity contribution is -0.116. The molecule has 1 amide bonds. The molecule has 1 aliphatic heterocycles. The number of piperazine rings is 1. The molecule has 2 aromatic rings. The van der Waals surface area contributed by atoms with Gasteiger partial charge in [0.2, 0.25) is 5.91 Å². The van der Waals surface area contributed by atoms with Crippen molar-refractivity contribution in [1.29, 1.82) is 0 Å². The number of amides is 1. The molecule has 0 saturated carbocycles. The number of carbonyl (C=O) groups is 1. The number of nitrogens with zero attached hydrogens (tertiary/aromatic N) is 3. The van der Waals surface area contributed by atoms with Crippen molar-refractivity contribution in [2.24, 2.45) is 0 Å². The van der Waals surface area contributed by atoms with Crippen molar-refractivity contribution in [2.75, 3.05) is 44.2 Å². The number of benzene rings is 1. The molecule has 0 unspecified atom stereocenters. The lowest BCUT2D eigenvalue weighted by Crippen LogP contribution is -2.47. The van der Waals surface area contributed by atoms with E-state index in [1.807, 2.05) is 23.6 Å². The second kappa shape index (κ2) is 9.71. The van der Waals surface area contributed by atoms with Crippen LogP contribution in [0.2, 0.25) is 5.02 Å². The number of aromatic nitrogens is 1. The van der Waals surface area contributed by atoms with E-state index in [2.05, 4.69) is 26.2 Å². The minimum absolute atomic E-state index is 0.0660. The zero-order chi connectivity index (χ0) is 18.2. The zero-order valence-corrected chi connectivity index (χ0v) is 16.2. The van der Waals surface area contributed by atoms with E-state index in [0.717, 1.165) is 54.9 Å². The van der Waals surface area contributed by atoms with Gasteiger partial charge in [0.15, 0.2) is 0 Å². The Balaban J connectivity index is 1.32. The normalized spacial score (nSPS) is 15.5. The summed E-state index contributed by atoms with van der Waals surface area (Å²) in [7, 11) is 0. The fourth-order valence-electron chi connectivity index (χ4n) is 2.96. The van der Waals surface area contributed by atoms with E-state index in [1.54, 1.807) is 18.3 Å². The van der Waals surface area contributed by atoms with Crippen molar-refractivity contribution in [3.05, 3.63) is 51.9 Å². The third kappa shape index (κ3) is 5.56. The van der Waals surface area contributed by atoms with Crippen molar-refractivity contribution in [3.8, 4) is 0 Å². The second-order valence-electron chi connectivity index (χ2n) is 6.13. The Kier molecular flexibility index (Phi) is 7.05. The molecule has 0 bridgehead atoms. The first-order valence-corrected chi connectivity index (χ1v) is 10.1. The number of rotatable bonds is 7. The van der Waals surface area contributed by atoms with Crippen LogP contribution < -0.4 is 10.2 Å². The van der Waals surface area contributed by atoms with Crippen molar-refractivity contribution in [3.63, 3.8) is 0 Å². The van der Waals surface area contributed by atoms with Crippen LogP contribution in [0.5, 0.6) is 0 Å². The fourth-order valence-corrected chi connectivity index (χ4v) is 3.74. The summed E-state index contributed by atoms with van der Waals surface area (Å²) in [5.41, 5.74) is 1.12. The molecule has 0 atom stereocenters. The van der Waals surface area contributed by atoms with Crippen molar-refractivity contribution < 1.29 is 4.79 Å². The summed E-state index contributed by atoms with van der Waals surface area (Å²) in [5.74, 6) is -0.0660. The van der Waals surface area contributed by atoms with Gasteiger partial charge in [-0.05, 0) is 31.2 Å². The van der Waals surface area contributed by atoms with E-state index in [1.165, 1.54) is 11.3 Å². The highest BCUT2D eigenvalue weighted by Gasteiger charge is 2.18. The van der Waals surface area contributed by atoms with Gasteiger partial charge < -0.3 is 10.2 Å². The number of nitrogens with one attached hydrogen (secondary N) is 1. The van der Waals surface area contributed by atoms with E-state index >= 15 is 0 Å². The van der Waals surface area contributed by atoms with Gasteiger partial charge in [0.25, 0.3) is 0 Å². The smallest absolute Gasteiger partial charge is 0.244 e. The van der Waals surface area contributed by atoms with Crippen molar-refractivity contribution in [1.82, 2.24) is 15.2 Å². The number of hydrogen-bond donors (Lipinski definition) is 1. The SMILES string of the molecule is O=C(/C=C\c1nccs1)NCCCN1CCN(c2ccccc2Cl)CC1. The Morgan fingerprint density at radius 3 is 2.81 bits per heavy atom. The van der Waals surface area contributed by atoms with Gasteiger partial charge in [-0.15, -0.1) is 11.3 Å². The molecule has 1 aliphatic rings. The molecule has 1 aromatic heterocycles. The average molecular weight is 391 g/mol. The molecule has 138 valence electrons. The summed E-state index contributed by atoms with van der Waals surface area (Å²) in [5, 5.41) is 6.47. The van der Waals surface area contributed by atoms with Crippen LogP contribution in [0.15, 0.2) is 41.9 Å². The molecule has 26 heavy (non-hydrogen) atoms. The largest absolute Gasteiger partial charge is 0.368 e. The summed E-state index contributed by atoms with van der Waals surface area (Å²) in [6.45, 7) is 5.67. The summed E-state index contributed by atoms with van der Waals surface area (Å²) in [4.78, 5) is 20.7. The summed E-state index contributed by atoms with van der Waals surface area (Å²) >= 11 is 7.79. The van der Waals surface area contributed by atoms with Gasteiger partial charge in [-0.3, -0.25) is 9.69 Å². The van der Waals surface area contributed by atoms with Gasteiger partial charge >= 0.3 is 0 Å². The number of anilines is 1. The zero-order valence-electron chi connectivity index (χ0n) is 14.6. The third-order valence-corrected chi connectivity index (χ3v) is 5.40. The molecular weight excluding hydrogens is 368 g/mol. The Labute approximate surface area is 163 Å². The second-order valence-corrected chi connectivity index (χ2v) is 7.46. The molecule has 0 aliphatic carbocycles. The number of hydrogen-bond acceptors (Lipinski definition) is 5. The highest BCUT2D eigenvalue weighted by atomic mass is 35.5. The average Bonchev–Trinajstić information content (AvgIpc) is 3.18. The lowest BCUT2D eigenvalue weighted by atomic mass is 10.2. The fraction of sp³-hybridized carbons (Fsp3) is 0.368. The Morgan fingerprint density at radius 1 is 1.27 bits per heavy atom. The van der Waals surface area contributed by atoms with Crippen LogP contribution in [0.4, 0.5) is 5.69 Å². The van der Waals surface area contributed by atoms with Gasteiger partial charge in [-0.2, -0.15) is 0 Å². The Morgan fingerprint density at radius 2 is 2.08 bits per heavy atom. The van der Waals surface area contributed by atoms with Gasteiger partial charge in [-0.25, -0.2) is 4.98 Å². The minimum atomic E-state index is -0.0660. The highest BCUT2D eigenvalue weighted by molar-refractivity contribution is 7.10. The van der Waals surface area contributed by atoms with E-state index < -0.39 is 0 Å². The first kappa shape index (κ1) is 18.9. The highest BCUT2D eigenvalue weighted by Crippen LogP contribution is 2.25. The molecule has 5 nitrogen and oxygen atoms in total. The molecule has 1 fully saturated rings. The molecule has 7 heteroatoms. The van der Waals surface area contributed by atoms with E-state index in [4.69, 9.17) is 11.6 Å². The molecule has 0 spiro atoms. The number of para-hydroxylation sites is 1. The predicted octanol–water partition coefficient (Wildman–Crippen LogP) is 3.14. The van der Waals surface area contributed by atoms with E-state index in [-0.39, 0.29) is 5.91 Å². The molecule has 1 N–H and O–H groups in total.